The van der Waals surface area contributed by atoms with Crippen LogP contribution >= 0.6 is 11.8 Å². The normalized spacial score (nSPS) is 12.3. The van der Waals surface area contributed by atoms with Gasteiger partial charge >= 0.3 is 5.51 Å². The Morgan fingerprint density at radius 1 is 1.26 bits per heavy atom. The molecule has 0 fully saturated rings. The highest BCUT2D eigenvalue weighted by Crippen LogP contribution is 2.40. The number of para-hydroxylation sites is 1. The first kappa shape index (κ1) is 15.8. The van der Waals surface area contributed by atoms with Crippen LogP contribution in [0.2, 0.25) is 0 Å². The van der Waals surface area contributed by atoms with E-state index >= 15 is 0 Å². The largest absolute Gasteiger partial charge is 0.446 e. The molecule has 0 radical (unpaired) electrons. The van der Waals surface area contributed by atoms with Crippen molar-refractivity contribution in [1.82, 2.24) is 0 Å². The number of nitrogens with one attached hydrogen (secondary N) is 1. The first-order valence-corrected chi connectivity index (χ1v) is 6.19. The van der Waals surface area contributed by atoms with Gasteiger partial charge in [-0.05, 0) is 37.7 Å². The summed E-state index contributed by atoms with van der Waals surface area (Å²) in [6.07, 6.45) is 0. The van der Waals surface area contributed by atoms with Crippen LogP contribution in [0.4, 0.5) is 18.9 Å². The molecule has 0 heterocycles. The third-order valence-electron chi connectivity index (χ3n) is 2.42. The van der Waals surface area contributed by atoms with Gasteiger partial charge in [-0.1, -0.05) is 12.1 Å². The summed E-state index contributed by atoms with van der Waals surface area (Å²) in [6, 6.07) is 5.74. The minimum absolute atomic E-state index is 0.0600. The van der Waals surface area contributed by atoms with E-state index in [1.54, 1.807) is 6.07 Å². The fourth-order valence-corrected chi connectivity index (χ4v) is 1.77. The van der Waals surface area contributed by atoms with E-state index in [4.69, 9.17) is 4.74 Å². The summed E-state index contributed by atoms with van der Waals surface area (Å²) in [5.41, 5.74) is -5.41. The predicted octanol–water partition coefficient (Wildman–Crippen LogP) is 3.66. The van der Waals surface area contributed by atoms with Crippen LogP contribution in [-0.4, -0.2) is 24.1 Å². The molecule has 1 aromatic carbocycles. The molecule has 1 aromatic rings. The number of thioether (sulfide) groups is 1. The van der Waals surface area contributed by atoms with Crippen LogP contribution in [0.3, 0.4) is 0 Å². The van der Waals surface area contributed by atoms with Crippen molar-refractivity contribution in [1.29, 1.82) is 0 Å². The lowest BCUT2D eigenvalue weighted by Crippen LogP contribution is -2.38. The third-order valence-corrected chi connectivity index (χ3v) is 3.23. The van der Waals surface area contributed by atoms with Crippen molar-refractivity contribution in [2.75, 3.05) is 12.4 Å². The molecule has 1 N–H and O–H groups in total. The standard InChI is InChI=1S/C12H14F3NO2S/c1-11(2,18-3)10(17)16-8-6-4-5-7-9(8)19-12(13,14)15/h4-7H,1-3H3,(H,16,17). The van der Waals surface area contributed by atoms with Crippen molar-refractivity contribution in [3.05, 3.63) is 24.3 Å². The minimum atomic E-state index is -4.41. The highest BCUT2D eigenvalue weighted by atomic mass is 32.2. The summed E-state index contributed by atoms with van der Waals surface area (Å²) < 4.78 is 42.1. The van der Waals surface area contributed by atoms with Crippen LogP contribution in [0.5, 0.6) is 0 Å². The first-order valence-electron chi connectivity index (χ1n) is 5.37. The Morgan fingerprint density at radius 2 is 1.84 bits per heavy atom. The van der Waals surface area contributed by atoms with E-state index in [0.29, 0.717) is 0 Å². The van der Waals surface area contributed by atoms with Gasteiger partial charge in [0.1, 0.15) is 5.60 Å². The van der Waals surface area contributed by atoms with E-state index in [-0.39, 0.29) is 22.3 Å². The van der Waals surface area contributed by atoms with Gasteiger partial charge in [0, 0.05) is 12.0 Å². The maximum absolute atomic E-state index is 12.4. The lowest BCUT2D eigenvalue weighted by atomic mass is 10.1. The highest BCUT2D eigenvalue weighted by Gasteiger charge is 2.32. The summed E-state index contributed by atoms with van der Waals surface area (Å²) in [4.78, 5) is 11.8. The molecule has 0 aliphatic heterocycles. The maximum Gasteiger partial charge on any atom is 0.446 e. The number of ether oxygens (including phenoxy) is 1. The Hall–Kier alpha value is -1.21. The summed E-state index contributed by atoms with van der Waals surface area (Å²) >= 11 is -0.268. The molecule has 0 spiro atoms. The van der Waals surface area contributed by atoms with E-state index in [1.807, 2.05) is 0 Å². The first-order chi connectivity index (χ1) is 8.65. The molecule has 0 saturated heterocycles. The van der Waals surface area contributed by atoms with Crippen LogP contribution in [-0.2, 0) is 9.53 Å². The van der Waals surface area contributed by atoms with E-state index < -0.39 is 17.0 Å². The van der Waals surface area contributed by atoms with Crippen molar-refractivity contribution in [3.8, 4) is 0 Å². The average molecular weight is 293 g/mol. The number of carbonyl (C=O) groups is 1. The Balaban J connectivity index is 2.93. The third kappa shape index (κ3) is 4.76. The Morgan fingerprint density at radius 3 is 2.37 bits per heavy atom. The molecule has 106 valence electrons. The van der Waals surface area contributed by atoms with E-state index in [9.17, 15) is 18.0 Å². The van der Waals surface area contributed by atoms with Gasteiger partial charge in [0.25, 0.3) is 5.91 Å². The number of methoxy groups -OCH3 is 1. The fourth-order valence-electron chi connectivity index (χ4n) is 1.15. The van der Waals surface area contributed by atoms with Gasteiger partial charge in [0.2, 0.25) is 0 Å². The summed E-state index contributed by atoms with van der Waals surface area (Å²) in [7, 11) is 1.36. The predicted molar refractivity (Wildman–Crippen MR) is 68.1 cm³/mol. The topological polar surface area (TPSA) is 38.3 Å². The number of anilines is 1. The van der Waals surface area contributed by atoms with Crippen LogP contribution in [0, 0.1) is 0 Å². The number of amides is 1. The van der Waals surface area contributed by atoms with Crippen LogP contribution in [0.25, 0.3) is 0 Å². The molecule has 0 saturated carbocycles. The van der Waals surface area contributed by atoms with Crippen LogP contribution < -0.4 is 5.32 Å². The van der Waals surface area contributed by atoms with Crippen molar-refractivity contribution in [2.24, 2.45) is 0 Å². The van der Waals surface area contributed by atoms with E-state index in [0.717, 1.165) is 0 Å². The molecule has 1 rings (SSSR count). The molecule has 0 aliphatic rings. The second-order valence-electron chi connectivity index (χ2n) is 4.21. The molecule has 19 heavy (non-hydrogen) atoms. The van der Waals surface area contributed by atoms with Crippen molar-refractivity contribution < 1.29 is 22.7 Å². The van der Waals surface area contributed by atoms with E-state index in [2.05, 4.69) is 5.32 Å². The van der Waals surface area contributed by atoms with Gasteiger partial charge in [0.15, 0.2) is 0 Å². The van der Waals surface area contributed by atoms with Gasteiger partial charge in [-0.25, -0.2) is 0 Å². The molecular formula is C12H14F3NO2S. The zero-order valence-electron chi connectivity index (χ0n) is 10.7. The number of alkyl halides is 3. The Kier molecular flexibility index (Phi) is 4.86. The highest BCUT2D eigenvalue weighted by molar-refractivity contribution is 8.00. The fraction of sp³-hybridized carbons (Fsp3) is 0.417. The number of carbonyl (C=O) groups excluding carboxylic acids is 1. The van der Waals surface area contributed by atoms with Gasteiger partial charge in [-0.15, -0.1) is 0 Å². The van der Waals surface area contributed by atoms with Crippen LogP contribution in [0.15, 0.2) is 29.2 Å². The number of benzene rings is 1. The second-order valence-corrected chi connectivity index (χ2v) is 5.32. The number of halogens is 3. The molecular weight excluding hydrogens is 279 g/mol. The zero-order chi connectivity index (χ0) is 14.7. The maximum atomic E-state index is 12.4. The number of hydrogen-bond donors (Lipinski definition) is 1. The monoisotopic (exact) mass is 293 g/mol. The van der Waals surface area contributed by atoms with Gasteiger partial charge in [0.05, 0.1) is 5.69 Å². The average Bonchev–Trinajstić information content (AvgIpc) is 2.29. The quantitative estimate of drug-likeness (QED) is 0.861. The molecule has 0 unspecified atom stereocenters. The number of rotatable bonds is 4. The molecule has 0 aromatic heterocycles. The molecule has 3 nitrogen and oxygen atoms in total. The summed E-state index contributed by atoms with van der Waals surface area (Å²) in [6.45, 7) is 3.06. The molecule has 1 amide bonds. The summed E-state index contributed by atoms with van der Waals surface area (Å²) in [5.74, 6) is -0.509. The molecule has 0 atom stereocenters. The Bertz CT molecular complexity index is 461. The smallest absolute Gasteiger partial charge is 0.369 e. The second kappa shape index (κ2) is 5.83. The molecule has 7 heteroatoms. The van der Waals surface area contributed by atoms with Crippen molar-refractivity contribution in [2.45, 2.75) is 29.9 Å². The molecule has 0 aliphatic carbocycles. The van der Waals surface area contributed by atoms with Gasteiger partial charge in [-0.3, -0.25) is 4.79 Å². The molecule has 0 bridgehead atoms. The lowest BCUT2D eigenvalue weighted by Gasteiger charge is -2.22. The zero-order valence-corrected chi connectivity index (χ0v) is 11.5. The lowest BCUT2D eigenvalue weighted by molar-refractivity contribution is -0.133. The SMILES string of the molecule is COC(C)(C)C(=O)Nc1ccccc1SC(F)(F)F. The van der Waals surface area contributed by atoms with Gasteiger partial charge < -0.3 is 10.1 Å². The minimum Gasteiger partial charge on any atom is -0.369 e. The van der Waals surface area contributed by atoms with Crippen LogP contribution in [0.1, 0.15) is 13.8 Å². The van der Waals surface area contributed by atoms with Crippen molar-refractivity contribution in [3.63, 3.8) is 0 Å². The number of hydrogen-bond acceptors (Lipinski definition) is 3. The Labute approximate surface area is 113 Å². The van der Waals surface area contributed by atoms with Crippen molar-refractivity contribution >= 4 is 23.4 Å². The van der Waals surface area contributed by atoms with E-state index in [1.165, 1.54) is 39.2 Å². The summed E-state index contributed by atoms with van der Waals surface area (Å²) in [5, 5.41) is 2.44. The van der Waals surface area contributed by atoms with Gasteiger partial charge in [-0.2, -0.15) is 13.2 Å².